The van der Waals surface area contributed by atoms with Crippen LogP contribution in [0.1, 0.15) is 32.6 Å². The minimum atomic E-state index is -0.599. The van der Waals surface area contributed by atoms with Gasteiger partial charge in [0.05, 0.1) is 0 Å². The Hall–Kier alpha value is 0.0700. The summed E-state index contributed by atoms with van der Waals surface area (Å²) in [5.41, 5.74) is 0. The molecule has 3 atom stereocenters. The third kappa shape index (κ3) is 2.66. The zero-order valence-corrected chi connectivity index (χ0v) is 11.3. The van der Waals surface area contributed by atoms with E-state index in [0.717, 1.165) is 30.1 Å². The lowest BCUT2D eigenvalue weighted by Crippen LogP contribution is -2.49. The van der Waals surface area contributed by atoms with E-state index in [9.17, 15) is 4.21 Å². The van der Waals surface area contributed by atoms with E-state index in [1.165, 1.54) is 25.7 Å². The summed E-state index contributed by atoms with van der Waals surface area (Å²) >= 11 is 0. The monoisotopic (exact) mass is 244 g/mol. The Balaban J connectivity index is 1.86. The zero-order valence-electron chi connectivity index (χ0n) is 10.4. The van der Waals surface area contributed by atoms with Gasteiger partial charge in [-0.1, -0.05) is 6.92 Å². The molecule has 16 heavy (non-hydrogen) atoms. The first-order valence-corrected chi connectivity index (χ1v) is 8.01. The van der Waals surface area contributed by atoms with Gasteiger partial charge in [-0.3, -0.25) is 9.11 Å². The molecule has 0 spiro atoms. The van der Waals surface area contributed by atoms with E-state index in [-0.39, 0.29) is 0 Å². The average Bonchev–Trinajstić information content (AvgIpc) is 2.55. The van der Waals surface area contributed by atoms with Crippen LogP contribution in [-0.2, 0) is 10.8 Å². The van der Waals surface area contributed by atoms with Gasteiger partial charge in [-0.05, 0) is 32.7 Å². The van der Waals surface area contributed by atoms with Crippen molar-refractivity contribution in [3.8, 4) is 0 Å². The maximum atomic E-state index is 11.5. The van der Waals surface area contributed by atoms with Gasteiger partial charge in [-0.25, -0.2) is 0 Å². The zero-order chi connectivity index (χ0) is 11.5. The van der Waals surface area contributed by atoms with Crippen LogP contribution in [0.25, 0.3) is 0 Å². The van der Waals surface area contributed by atoms with Crippen LogP contribution in [-0.4, -0.2) is 52.3 Å². The summed E-state index contributed by atoms with van der Waals surface area (Å²) in [5, 5.41) is 3.41. The first-order valence-electron chi connectivity index (χ1n) is 6.52. The minimum Gasteiger partial charge on any atom is -0.317 e. The Kier molecular flexibility index (Phi) is 4.39. The summed E-state index contributed by atoms with van der Waals surface area (Å²) in [6.07, 6.45) is 5.26. The summed E-state index contributed by atoms with van der Waals surface area (Å²) in [6, 6.07) is 2.22. The molecule has 94 valence electrons. The molecule has 0 amide bonds. The highest BCUT2D eigenvalue weighted by Crippen LogP contribution is 2.35. The van der Waals surface area contributed by atoms with Crippen LogP contribution < -0.4 is 5.32 Å². The second-order valence-electron chi connectivity index (χ2n) is 5.01. The van der Waals surface area contributed by atoms with Crippen LogP contribution in [0, 0.1) is 0 Å². The number of fused-ring (bicyclic) bond motifs is 2. The van der Waals surface area contributed by atoms with Gasteiger partial charge in [0.1, 0.15) is 0 Å². The van der Waals surface area contributed by atoms with Crippen LogP contribution in [0.2, 0.25) is 0 Å². The number of piperidine rings is 1. The van der Waals surface area contributed by atoms with Crippen molar-refractivity contribution < 1.29 is 4.21 Å². The van der Waals surface area contributed by atoms with E-state index in [4.69, 9.17) is 0 Å². The van der Waals surface area contributed by atoms with Crippen molar-refractivity contribution in [3.05, 3.63) is 0 Å². The Labute approximate surface area is 101 Å². The fraction of sp³-hybridized carbons (Fsp3) is 1.00. The third-order valence-corrected chi connectivity index (χ3v) is 5.47. The highest BCUT2D eigenvalue weighted by molar-refractivity contribution is 7.84. The first-order chi connectivity index (χ1) is 7.74. The Morgan fingerprint density at radius 1 is 1.31 bits per heavy atom. The van der Waals surface area contributed by atoms with Gasteiger partial charge >= 0.3 is 0 Å². The molecule has 2 aliphatic heterocycles. The predicted molar refractivity (Wildman–Crippen MR) is 69.1 cm³/mol. The van der Waals surface area contributed by atoms with E-state index in [2.05, 4.69) is 17.3 Å². The van der Waals surface area contributed by atoms with Crippen molar-refractivity contribution in [3.63, 3.8) is 0 Å². The van der Waals surface area contributed by atoms with Gasteiger partial charge in [0, 0.05) is 47.0 Å². The molecular weight excluding hydrogens is 220 g/mol. The summed E-state index contributed by atoms with van der Waals surface area (Å²) in [5.74, 6) is 1.68. The van der Waals surface area contributed by atoms with Crippen LogP contribution >= 0.6 is 0 Å². The number of hydrogen-bond acceptors (Lipinski definition) is 3. The lowest BCUT2D eigenvalue weighted by molar-refractivity contribution is 0.127. The van der Waals surface area contributed by atoms with Crippen LogP contribution in [0.5, 0.6) is 0 Å². The smallest absolute Gasteiger partial charge is 0.0362 e. The standard InChI is InChI=1S/C12H24N2OS/c1-3-16(15)7-6-14-11-4-5-12(14)9-10(8-11)13-2/h10-13H,3-9H2,1-2H3. The Bertz CT molecular complexity index is 245. The molecule has 1 N–H and O–H groups in total. The summed E-state index contributed by atoms with van der Waals surface area (Å²) < 4.78 is 11.5. The molecule has 4 heteroatoms. The van der Waals surface area contributed by atoms with Gasteiger partial charge in [0.15, 0.2) is 0 Å². The van der Waals surface area contributed by atoms with E-state index in [1.54, 1.807) is 0 Å². The highest BCUT2D eigenvalue weighted by atomic mass is 32.2. The molecule has 0 aliphatic carbocycles. The lowest BCUT2D eigenvalue weighted by Gasteiger charge is -2.38. The molecule has 2 bridgehead atoms. The largest absolute Gasteiger partial charge is 0.317 e. The Morgan fingerprint density at radius 3 is 2.44 bits per heavy atom. The van der Waals surface area contributed by atoms with Gasteiger partial charge in [-0.15, -0.1) is 0 Å². The maximum Gasteiger partial charge on any atom is 0.0362 e. The SMILES string of the molecule is CCS(=O)CCN1C2CCC1CC(NC)C2. The molecule has 2 fully saturated rings. The number of nitrogens with zero attached hydrogens (tertiary/aromatic N) is 1. The Morgan fingerprint density at radius 2 is 1.94 bits per heavy atom. The second kappa shape index (κ2) is 5.61. The maximum absolute atomic E-state index is 11.5. The summed E-state index contributed by atoms with van der Waals surface area (Å²) in [7, 11) is 1.48. The van der Waals surface area contributed by atoms with Crippen molar-refractivity contribution in [2.75, 3.05) is 25.1 Å². The fourth-order valence-electron chi connectivity index (χ4n) is 3.23. The van der Waals surface area contributed by atoms with Crippen molar-refractivity contribution in [2.45, 2.75) is 50.7 Å². The molecule has 3 nitrogen and oxygen atoms in total. The highest BCUT2D eigenvalue weighted by Gasteiger charge is 2.39. The molecule has 0 aromatic rings. The molecule has 0 aromatic carbocycles. The molecule has 0 radical (unpaired) electrons. The van der Waals surface area contributed by atoms with E-state index in [0.29, 0.717) is 6.04 Å². The molecule has 3 unspecified atom stereocenters. The van der Waals surface area contributed by atoms with Gasteiger partial charge in [0.25, 0.3) is 0 Å². The van der Waals surface area contributed by atoms with Crippen molar-refractivity contribution in [1.82, 2.24) is 10.2 Å². The van der Waals surface area contributed by atoms with E-state index in [1.807, 2.05) is 6.92 Å². The van der Waals surface area contributed by atoms with E-state index >= 15 is 0 Å². The van der Waals surface area contributed by atoms with Crippen molar-refractivity contribution in [2.24, 2.45) is 0 Å². The number of nitrogens with one attached hydrogen (secondary N) is 1. The molecule has 2 saturated heterocycles. The second-order valence-corrected chi connectivity index (χ2v) is 6.88. The van der Waals surface area contributed by atoms with Gasteiger partial charge in [0.2, 0.25) is 0 Å². The van der Waals surface area contributed by atoms with E-state index < -0.39 is 10.8 Å². The number of hydrogen-bond donors (Lipinski definition) is 1. The van der Waals surface area contributed by atoms with Crippen LogP contribution in [0.3, 0.4) is 0 Å². The summed E-state index contributed by atoms with van der Waals surface area (Å²) in [6.45, 7) is 3.06. The normalized spacial score (nSPS) is 36.5. The van der Waals surface area contributed by atoms with Crippen molar-refractivity contribution >= 4 is 10.8 Å². The molecule has 2 heterocycles. The third-order valence-electron chi connectivity index (χ3n) is 4.19. The molecular formula is C12H24N2OS. The molecule has 0 aromatic heterocycles. The minimum absolute atomic E-state index is 0.599. The van der Waals surface area contributed by atoms with Crippen LogP contribution in [0.15, 0.2) is 0 Å². The first kappa shape index (κ1) is 12.5. The summed E-state index contributed by atoms with van der Waals surface area (Å²) in [4.78, 5) is 2.63. The topological polar surface area (TPSA) is 32.3 Å². The lowest BCUT2D eigenvalue weighted by atomic mass is 9.98. The molecule has 0 saturated carbocycles. The van der Waals surface area contributed by atoms with Crippen LogP contribution in [0.4, 0.5) is 0 Å². The van der Waals surface area contributed by atoms with Gasteiger partial charge in [-0.2, -0.15) is 0 Å². The number of rotatable bonds is 5. The fourth-order valence-corrected chi connectivity index (χ4v) is 3.93. The molecule has 2 rings (SSSR count). The van der Waals surface area contributed by atoms with Gasteiger partial charge < -0.3 is 5.32 Å². The van der Waals surface area contributed by atoms with Crippen molar-refractivity contribution in [1.29, 1.82) is 0 Å². The quantitative estimate of drug-likeness (QED) is 0.782. The molecule has 2 aliphatic rings. The average molecular weight is 244 g/mol. The predicted octanol–water partition coefficient (Wildman–Crippen LogP) is 0.970.